The molecule has 0 saturated heterocycles. The van der Waals surface area contributed by atoms with E-state index < -0.39 is 7.82 Å². The number of nitrogens with two attached hydrogens (primary N) is 1. The molecule has 0 aliphatic carbocycles. The Labute approximate surface area is 210 Å². The molecule has 2 atom stereocenters. The Morgan fingerprint density at radius 1 is 0.765 bits per heavy atom. The van der Waals surface area contributed by atoms with Gasteiger partial charge in [0, 0.05) is 6.42 Å². The molecule has 7 heteroatoms. The molecule has 0 aliphatic heterocycles. The average Bonchev–Trinajstić information content (AvgIpc) is 2.79. The first-order valence-electron chi connectivity index (χ1n) is 14.2. The van der Waals surface area contributed by atoms with Crippen LogP contribution in [0.1, 0.15) is 142 Å². The van der Waals surface area contributed by atoms with E-state index >= 15 is 0 Å². The highest BCUT2D eigenvalue weighted by molar-refractivity contribution is 7.47. The summed E-state index contributed by atoms with van der Waals surface area (Å²) in [6.45, 7) is 4.40. The number of hydrogen-bond acceptors (Lipinski definition) is 5. The highest BCUT2D eigenvalue weighted by Crippen LogP contribution is 2.44. The van der Waals surface area contributed by atoms with E-state index in [0.29, 0.717) is 19.4 Å². The topological polar surface area (TPSA) is 98.8 Å². The molecule has 0 aliphatic rings. The van der Waals surface area contributed by atoms with Crippen LogP contribution in [0.3, 0.4) is 0 Å². The molecule has 34 heavy (non-hydrogen) atoms. The molecule has 6 nitrogen and oxygen atoms in total. The van der Waals surface area contributed by atoms with Crippen LogP contribution in [0, 0.1) is 5.92 Å². The van der Waals surface area contributed by atoms with E-state index in [0.717, 1.165) is 19.3 Å². The minimum atomic E-state index is -4.06. The summed E-state index contributed by atoms with van der Waals surface area (Å²) >= 11 is 0. The van der Waals surface area contributed by atoms with Crippen LogP contribution < -0.4 is 5.73 Å². The van der Waals surface area contributed by atoms with Crippen LogP contribution in [0.4, 0.5) is 0 Å². The first-order chi connectivity index (χ1) is 16.4. The lowest BCUT2D eigenvalue weighted by Gasteiger charge is -2.18. The molecule has 204 valence electrons. The van der Waals surface area contributed by atoms with Crippen molar-refractivity contribution < 1.29 is 23.3 Å². The first kappa shape index (κ1) is 33.7. The van der Waals surface area contributed by atoms with E-state index in [1.807, 2.05) is 0 Å². The Bertz CT molecular complexity index is 503. The number of rotatable bonds is 27. The van der Waals surface area contributed by atoms with Crippen LogP contribution in [0.15, 0.2) is 0 Å². The van der Waals surface area contributed by atoms with Gasteiger partial charge in [-0.1, -0.05) is 116 Å². The molecular weight excluding hydrogens is 449 g/mol. The van der Waals surface area contributed by atoms with Gasteiger partial charge in [-0.25, -0.2) is 4.57 Å². The van der Waals surface area contributed by atoms with E-state index in [-0.39, 0.29) is 24.9 Å². The van der Waals surface area contributed by atoms with Gasteiger partial charge in [-0.2, -0.15) is 0 Å². The Kier molecular flexibility index (Phi) is 24.2. The lowest BCUT2D eigenvalue weighted by molar-refractivity contribution is -0.118. The fourth-order valence-corrected chi connectivity index (χ4v) is 5.14. The van der Waals surface area contributed by atoms with Gasteiger partial charge >= 0.3 is 7.82 Å². The summed E-state index contributed by atoms with van der Waals surface area (Å²) in [7, 11) is -4.06. The van der Waals surface area contributed by atoms with E-state index in [1.54, 1.807) is 6.92 Å². The molecule has 0 fully saturated rings. The molecule has 0 aromatic heterocycles. The van der Waals surface area contributed by atoms with Crippen LogP contribution >= 0.6 is 7.82 Å². The number of ketones is 1. The van der Waals surface area contributed by atoms with Crippen LogP contribution in [0.2, 0.25) is 0 Å². The van der Waals surface area contributed by atoms with Crippen molar-refractivity contribution in [1.29, 1.82) is 0 Å². The Balaban J connectivity index is 3.64. The van der Waals surface area contributed by atoms with Gasteiger partial charge in [0.2, 0.25) is 0 Å². The molecule has 0 rings (SSSR count). The van der Waals surface area contributed by atoms with Crippen molar-refractivity contribution in [3.63, 3.8) is 0 Å². The van der Waals surface area contributed by atoms with E-state index in [4.69, 9.17) is 14.8 Å². The second-order valence-electron chi connectivity index (χ2n) is 9.96. The average molecular weight is 506 g/mol. The van der Waals surface area contributed by atoms with Crippen molar-refractivity contribution >= 4 is 13.6 Å². The van der Waals surface area contributed by atoms with Gasteiger partial charge in [0.15, 0.2) is 0 Å². The minimum Gasteiger partial charge on any atom is -0.330 e. The summed E-state index contributed by atoms with van der Waals surface area (Å²) in [5.74, 6) is 0.0461. The predicted octanol–water partition coefficient (Wildman–Crippen LogP) is 8.11. The number of Topliss-reactive ketones (excluding diaryl/α,β-unsaturated/α-hetero) is 1. The molecule has 3 N–H and O–H groups in total. The van der Waals surface area contributed by atoms with Crippen LogP contribution in [-0.2, 0) is 18.4 Å². The molecule has 0 spiro atoms. The molecule has 0 aromatic rings. The van der Waals surface area contributed by atoms with Crippen molar-refractivity contribution in [2.24, 2.45) is 11.7 Å². The fraction of sp³-hybridized carbons (Fsp3) is 0.963. The maximum absolute atomic E-state index is 11.9. The lowest BCUT2D eigenvalue weighted by atomic mass is 9.96. The van der Waals surface area contributed by atoms with Crippen molar-refractivity contribution in [3.05, 3.63) is 0 Å². The third kappa shape index (κ3) is 24.9. The fourth-order valence-electron chi connectivity index (χ4n) is 4.31. The lowest BCUT2D eigenvalue weighted by Crippen LogP contribution is -2.13. The van der Waals surface area contributed by atoms with Gasteiger partial charge in [0.05, 0.1) is 13.2 Å². The van der Waals surface area contributed by atoms with E-state index in [9.17, 15) is 14.3 Å². The molecule has 2 unspecified atom stereocenters. The largest absolute Gasteiger partial charge is 0.472 e. The van der Waals surface area contributed by atoms with Gasteiger partial charge in [-0.05, 0) is 32.2 Å². The van der Waals surface area contributed by atoms with Gasteiger partial charge in [-0.15, -0.1) is 0 Å². The number of phosphoric ester groups is 1. The van der Waals surface area contributed by atoms with Gasteiger partial charge in [0.1, 0.15) is 5.78 Å². The zero-order valence-corrected chi connectivity index (χ0v) is 23.3. The van der Waals surface area contributed by atoms with E-state index in [2.05, 4.69) is 6.92 Å². The monoisotopic (exact) mass is 505 g/mol. The number of phosphoric acid groups is 1. The maximum atomic E-state index is 11.9. The third-order valence-corrected chi connectivity index (χ3v) is 7.35. The molecule has 0 amide bonds. The number of carbonyl (C=O) groups is 1. The summed E-state index contributed by atoms with van der Waals surface area (Å²) in [4.78, 5) is 21.3. The van der Waals surface area contributed by atoms with Crippen molar-refractivity contribution in [2.75, 3.05) is 19.8 Å². The smallest absolute Gasteiger partial charge is 0.330 e. The Morgan fingerprint density at radius 2 is 1.21 bits per heavy atom. The van der Waals surface area contributed by atoms with Crippen LogP contribution in [-0.4, -0.2) is 30.4 Å². The number of hydrogen-bond donors (Lipinski definition) is 2. The van der Waals surface area contributed by atoms with Crippen LogP contribution in [0.25, 0.3) is 0 Å². The zero-order valence-electron chi connectivity index (χ0n) is 22.4. The molecule has 0 aromatic carbocycles. The molecular formula is C27H56NO5P. The molecule has 0 bridgehead atoms. The van der Waals surface area contributed by atoms with Gasteiger partial charge in [-0.3, -0.25) is 9.05 Å². The quantitative estimate of drug-likeness (QED) is 0.0864. The predicted molar refractivity (Wildman–Crippen MR) is 143 cm³/mol. The highest BCUT2D eigenvalue weighted by Gasteiger charge is 2.23. The molecule has 0 radical (unpaired) electrons. The summed E-state index contributed by atoms with van der Waals surface area (Å²) in [6.07, 6.45) is 24.4. The summed E-state index contributed by atoms with van der Waals surface area (Å²) in [6, 6.07) is 0. The number of unbranched alkanes of at least 4 members (excludes halogenated alkanes) is 16. The van der Waals surface area contributed by atoms with Gasteiger partial charge in [0.25, 0.3) is 0 Å². The first-order valence-corrected chi connectivity index (χ1v) is 15.7. The van der Waals surface area contributed by atoms with Crippen LogP contribution in [0.5, 0.6) is 0 Å². The van der Waals surface area contributed by atoms with Crippen molar-refractivity contribution in [1.82, 2.24) is 0 Å². The van der Waals surface area contributed by atoms with Gasteiger partial charge < -0.3 is 15.4 Å². The van der Waals surface area contributed by atoms with E-state index in [1.165, 1.54) is 96.3 Å². The molecule has 0 saturated carbocycles. The second-order valence-corrected chi connectivity index (χ2v) is 11.4. The van der Waals surface area contributed by atoms with Crippen molar-refractivity contribution in [3.8, 4) is 0 Å². The Morgan fingerprint density at radius 3 is 1.62 bits per heavy atom. The summed E-state index contributed by atoms with van der Waals surface area (Å²) < 4.78 is 21.9. The molecule has 0 heterocycles. The second kappa shape index (κ2) is 24.4. The summed E-state index contributed by atoms with van der Waals surface area (Å²) in [5.41, 5.74) is 5.36. The third-order valence-electron chi connectivity index (χ3n) is 6.37. The highest BCUT2D eigenvalue weighted by atomic mass is 31.2. The zero-order chi connectivity index (χ0) is 25.3. The SMILES string of the molecule is CCCCCCCCCCCCCCCCCCCC(COP(=O)(O)OCCCN)CC(C)=O. The standard InChI is InChI=1S/C27H56NO5P/c1-3-4-5-6-7-8-9-10-11-12-13-14-15-16-17-18-19-21-27(24-26(2)29)25-33-34(30,31)32-23-20-22-28/h27H,3-25,28H2,1-2H3,(H,30,31). The summed E-state index contributed by atoms with van der Waals surface area (Å²) in [5, 5.41) is 0. The maximum Gasteiger partial charge on any atom is 0.472 e. The number of carbonyl (C=O) groups excluding carboxylic acids is 1. The van der Waals surface area contributed by atoms with Crippen molar-refractivity contribution in [2.45, 2.75) is 142 Å². The minimum absolute atomic E-state index is 0.0348. The Hall–Kier alpha value is -0.260. The normalized spacial score (nSPS) is 14.2.